The van der Waals surface area contributed by atoms with Crippen LogP contribution in [0.25, 0.3) is 0 Å². The Morgan fingerprint density at radius 2 is 1.59 bits per heavy atom. The quantitative estimate of drug-likeness (QED) is 0.321. The number of rotatable bonds is 11. The molecule has 0 radical (unpaired) electrons. The summed E-state index contributed by atoms with van der Waals surface area (Å²) in [6.07, 6.45) is 1.34. The molecule has 1 aromatic rings. The lowest BCUT2D eigenvalue weighted by Gasteiger charge is -2.33. The van der Waals surface area contributed by atoms with Gasteiger partial charge in [0, 0.05) is 39.0 Å². The summed E-state index contributed by atoms with van der Waals surface area (Å²) in [5.74, 6) is -2.26. The Morgan fingerprint density at radius 3 is 2.04 bits per heavy atom. The molecule has 10 heteroatoms. The van der Waals surface area contributed by atoms with E-state index >= 15 is 0 Å². The molecule has 0 spiro atoms. The molecule has 1 atom stereocenters. The van der Waals surface area contributed by atoms with Gasteiger partial charge in [-0.15, -0.1) is 0 Å². The molecule has 0 bridgehead atoms. The minimum absolute atomic E-state index is 0.0261. The molecule has 0 aliphatic rings. The summed E-state index contributed by atoms with van der Waals surface area (Å²) >= 11 is 0. The topological polar surface area (TPSA) is 121 Å². The Bertz CT molecular complexity index is 592. The van der Waals surface area contributed by atoms with E-state index in [2.05, 4.69) is 5.32 Å². The van der Waals surface area contributed by atoms with Crippen LogP contribution in [0.5, 0.6) is 17.2 Å². The van der Waals surface area contributed by atoms with Crippen molar-refractivity contribution in [3.8, 4) is 17.2 Å². The summed E-state index contributed by atoms with van der Waals surface area (Å²) in [4.78, 5) is 14.3. The van der Waals surface area contributed by atoms with E-state index in [9.17, 15) is 20.1 Å². The summed E-state index contributed by atoms with van der Waals surface area (Å²) in [6.45, 7) is 1.13. The van der Waals surface area contributed by atoms with E-state index < -0.39 is 32.0 Å². The van der Waals surface area contributed by atoms with Gasteiger partial charge in [0.25, 0.3) is 5.91 Å². The van der Waals surface area contributed by atoms with Gasteiger partial charge < -0.3 is 38.8 Å². The zero-order valence-electron chi connectivity index (χ0n) is 16.5. The van der Waals surface area contributed by atoms with Crippen LogP contribution in [0, 0.1) is 0 Å². The molecule has 0 aliphatic carbocycles. The van der Waals surface area contributed by atoms with E-state index in [-0.39, 0.29) is 11.1 Å². The predicted molar refractivity (Wildman–Crippen MR) is 102 cm³/mol. The molecular weight excluding hydrogens is 372 g/mol. The van der Waals surface area contributed by atoms with Crippen LogP contribution in [0.2, 0.25) is 5.54 Å². The fourth-order valence-corrected chi connectivity index (χ4v) is 5.34. The number of nitrogens with zero attached hydrogens (tertiary/aromatic N) is 1. The Labute approximate surface area is 160 Å². The third-order valence-corrected chi connectivity index (χ3v) is 7.67. The van der Waals surface area contributed by atoms with Gasteiger partial charge in [0.1, 0.15) is 0 Å². The number of carbonyl (C=O) groups excluding carboxylic acids is 1. The lowest BCUT2D eigenvalue weighted by molar-refractivity contribution is 0.0937. The molecule has 9 nitrogen and oxygen atoms in total. The van der Waals surface area contributed by atoms with Crippen molar-refractivity contribution in [1.82, 2.24) is 10.2 Å². The van der Waals surface area contributed by atoms with Crippen LogP contribution in [0.4, 0.5) is 0 Å². The summed E-state index contributed by atoms with van der Waals surface area (Å²) in [6, 6.07) is 2.18. The molecule has 0 fully saturated rings. The maximum Gasteiger partial charge on any atom is 0.503 e. The van der Waals surface area contributed by atoms with Gasteiger partial charge in [-0.3, -0.25) is 4.79 Å². The number of aromatic hydroxyl groups is 3. The van der Waals surface area contributed by atoms with E-state index in [0.29, 0.717) is 13.0 Å². The lowest BCUT2D eigenvalue weighted by Crippen LogP contribution is -2.49. The molecule has 0 heterocycles. The zero-order chi connectivity index (χ0) is 20.6. The molecule has 0 saturated heterocycles. The fourth-order valence-electron chi connectivity index (χ4n) is 2.86. The molecule has 1 aromatic carbocycles. The van der Waals surface area contributed by atoms with Crippen LogP contribution >= 0.6 is 0 Å². The first-order chi connectivity index (χ1) is 12.7. The first-order valence-electron chi connectivity index (χ1n) is 8.54. The van der Waals surface area contributed by atoms with E-state index in [0.717, 1.165) is 25.1 Å². The number of phenols is 3. The van der Waals surface area contributed by atoms with E-state index in [1.165, 1.54) is 0 Å². The van der Waals surface area contributed by atoms with Crippen LogP contribution in [0.15, 0.2) is 12.1 Å². The second kappa shape index (κ2) is 10.5. The van der Waals surface area contributed by atoms with Crippen molar-refractivity contribution in [2.75, 3.05) is 48.5 Å². The smallest absolute Gasteiger partial charge is 0.503 e. The number of hydrogen-bond acceptors (Lipinski definition) is 8. The van der Waals surface area contributed by atoms with Crippen LogP contribution < -0.4 is 5.32 Å². The van der Waals surface area contributed by atoms with Crippen LogP contribution in [0.1, 0.15) is 23.2 Å². The largest absolute Gasteiger partial charge is 0.504 e. The molecule has 154 valence electrons. The van der Waals surface area contributed by atoms with Crippen molar-refractivity contribution in [3.05, 3.63) is 17.7 Å². The minimum Gasteiger partial charge on any atom is -0.504 e. The second-order valence-electron chi connectivity index (χ2n) is 6.41. The first kappa shape index (κ1) is 23.2. The van der Waals surface area contributed by atoms with Gasteiger partial charge in [-0.05, 0) is 45.6 Å². The number of benzene rings is 1. The van der Waals surface area contributed by atoms with Crippen LogP contribution in [0.3, 0.4) is 0 Å². The highest BCUT2D eigenvalue weighted by Crippen LogP contribution is 2.35. The Balaban J connectivity index is 2.78. The Morgan fingerprint density at radius 1 is 1.07 bits per heavy atom. The van der Waals surface area contributed by atoms with Crippen LogP contribution in [-0.2, 0) is 13.3 Å². The van der Waals surface area contributed by atoms with Crippen molar-refractivity contribution >= 4 is 14.7 Å². The number of carbonyl (C=O) groups is 1. The van der Waals surface area contributed by atoms with E-state index in [1.807, 2.05) is 19.0 Å². The average Bonchev–Trinajstić information content (AvgIpc) is 2.64. The fraction of sp³-hybridized carbons (Fsp3) is 0.588. The summed E-state index contributed by atoms with van der Waals surface area (Å²) in [5, 5.41) is 31.2. The number of phenolic OH excluding ortho intramolecular Hbond substituents is 3. The SMILES string of the molecule is CO[Si](OC)(OC)C(CCNC(=O)c1cc(O)c(O)c(O)c1)CCN(C)C. The average molecular weight is 403 g/mol. The van der Waals surface area contributed by atoms with Gasteiger partial charge in [-0.1, -0.05) is 0 Å². The standard InChI is InChI=1S/C17H30N2O7Si/c1-19(2)9-7-13(27(24-3,25-4)26-5)6-8-18-17(23)12-10-14(20)16(22)15(21)11-12/h10-11,13,20-22H,6-9H2,1-5H3,(H,18,23). The van der Waals surface area contributed by atoms with Gasteiger partial charge in [0.05, 0.1) is 0 Å². The van der Waals surface area contributed by atoms with Crippen molar-refractivity contribution < 1.29 is 33.4 Å². The third kappa shape index (κ3) is 6.08. The monoisotopic (exact) mass is 402 g/mol. The maximum absolute atomic E-state index is 12.3. The molecule has 4 N–H and O–H groups in total. The molecule has 1 unspecified atom stereocenters. The van der Waals surface area contributed by atoms with Crippen molar-refractivity contribution in [2.45, 2.75) is 18.4 Å². The van der Waals surface area contributed by atoms with Gasteiger partial charge in [-0.2, -0.15) is 0 Å². The highest BCUT2D eigenvalue weighted by Gasteiger charge is 2.46. The second-order valence-corrected chi connectivity index (χ2v) is 9.66. The summed E-state index contributed by atoms with van der Waals surface area (Å²) < 4.78 is 16.8. The van der Waals surface area contributed by atoms with E-state index in [4.69, 9.17) is 13.3 Å². The Hall–Kier alpha value is -1.85. The molecule has 1 rings (SSSR count). The molecule has 0 aliphatic heterocycles. The summed E-state index contributed by atoms with van der Waals surface area (Å²) in [5.41, 5.74) is 0.0168. The van der Waals surface area contributed by atoms with Crippen molar-refractivity contribution in [3.63, 3.8) is 0 Å². The van der Waals surface area contributed by atoms with Crippen LogP contribution in [-0.4, -0.2) is 83.4 Å². The highest BCUT2D eigenvalue weighted by molar-refractivity contribution is 6.62. The Kier molecular flexibility index (Phi) is 8.99. The molecule has 0 saturated carbocycles. The number of nitrogens with one attached hydrogen (secondary N) is 1. The predicted octanol–water partition coefficient (Wildman–Crippen LogP) is 1.12. The lowest BCUT2D eigenvalue weighted by atomic mass is 10.1. The molecule has 27 heavy (non-hydrogen) atoms. The van der Waals surface area contributed by atoms with Gasteiger partial charge in [0.15, 0.2) is 17.2 Å². The van der Waals surface area contributed by atoms with Gasteiger partial charge in [0.2, 0.25) is 0 Å². The van der Waals surface area contributed by atoms with Crippen molar-refractivity contribution in [1.29, 1.82) is 0 Å². The van der Waals surface area contributed by atoms with Gasteiger partial charge >= 0.3 is 8.80 Å². The molecule has 0 aromatic heterocycles. The maximum atomic E-state index is 12.3. The van der Waals surface area contributed by atoms with Crippen molar-refractivity contribution in [2.24, 2.45) is 0 Å². The molecule has 1 amide bonds. The molecular formula is C17H30N2O7Si. The minimum atomic E-state index is -2.88. The zero-order valence-corrected chi connectivity index (χ0v) is 17.5. The van der Waals surface area contributed by atoms with E-state index in [1.54, 1.807) is 21.3 Å². The highest BCUT2D eigenvalue weighted by atomic mass is 28.4. The number of hydrogen-bond donors (Lipinski definition) is 4. The number of amides is 1. The summed E-state index contributed by atoms with van der Waals surface area (Å²) in [7, 11) is 5.73. The normalized spacial score (nSPS) is 13.0. The first-order valence-corrected chi connectivity index (χ1v) is 10.3. The van der Waals surface area contributed by atoms with Gasteiger partial charge in [-0.25, -0.2) is 0 Å². The third-order valence-electron chi connectivity index (χ3n) is 4.39.